The highest BCUT2D eigenvalue weighted by molar-refractivity contribution is 5.75. The highest BCUT2D eigenvalue weighted by Gasteiger charge is 2.24. The van der Waals surface area contributed by atoms with E-state index in [2.05, 4.69) is 15.3 Å². The third-order valence-corrected chi connectivity index (χ3v) is 3.94. The number of hydrogen-bond acceptors (Lipinski definition) is 2. The molecule has 1 atom stereocenters. The summed E-state index contributed by atoms with van der Waals surface area (Å²) in [4.78, 5) is 18.6. The number of aromatic nitrogens is 2. The van der Waals surface area contributed by atoms with E-state index in [-0.39, 0.29) is 5.56 Å². The molecule has 0 aliphatic carbocycles. The van der Waals surface area contributed by atoms with Gasteiger partial charge < -0.3 is 15.4 Å². The molecule has 3 rings (SSSR count). The van der Waals surface area contributed by atoms with Crippen LogP contribution in [0.3, 0.4) is 0 Å². The second-order valence-electron chi connectivity index (χ2n) is 5.93. The number of amides is 1. The molecule has 5 nitrogen and oxygen atoms in total. The number of para-hydroxylation sites is 2. The number of fused-ring (bicyclic) bond motifs is 1. The number of rotatable bonds is 5. The van der Waals surface area contributed by atoms with E-state index in [4.69, 9.17) is 5.11 Å². The van der Waals surface area contributed by atoms with E-state index >= 15 is 0 Å². The summed E-state index contributed by atoms with van der Waals surface area (Å²) in [5, 5.41) is 11.5. The normalized spacial score (nSPS) is 12.9. The van der Waals surface area contributed by atoms with Crippen LogP contribution in [-0.2, 0) is 12.3 Å². The number of H-pyrrole nitrogens is 1. The van der Waals surface area contributed by atoms with Crippen LogP contribution in [-0.4, -0.2) is 21.2 Å². The number of carbonyl (C=O) groups is 1. The highest BCUT2D eigenvalue weighted by Crippen LogP contribution is 2.27. The quantitative estimate of drug-likeness (QED) is 0.648. The van der Waals surface area contributed by atoms with Gasteiger partial charge in [-0.1, -0.05) is 36.4 Å². The Kier molecular flexibility index (Phi) is 4.39. The van der Waals surface area contributed by atoms with Crippen LogP contribution in [0.15, 0.2) is 48.5 Å². The lowest BCUT2D eigenvalue weighted by atomic mass is 10.0. The molecule has 2 aromatic carbocycles. The van der Waals surface area contributed by atoms with Crippen LogP contribution in [0, 0.1) is 0 Å². The van der Waals surface area contributed by atoms with Crippen LogP contribution in [0.1, 0.15) is 29.9 Å². The number of alkyl halides is 2. The van der Waals surface area contributed by atoms with Crippen molar-refractivity contribution in [3.8, 4) is 0 Å². The number of carboxylic acid groups (broad SMARTS) is 1. The first-order valence-corrected chi connectivity index (χ1v) is 7.74. The largest absolute Gasteiger partial charge is 0.465 e. The second kappa shape index (κ2) is 6.51. The number of nitrogens with one attached hydrogen (secondary N) is 2. The molecule has 1 unspecified atom stereocenters. The van der Waals surface area contributed by atoms with Crippen LogP contribution < -0.4 is 5.32 Å². The molecule has 0 saturated carbocycles. The lowest BCUT2D eigenvalue weighted by Gasteiger charge is -2.16. The highest BCUT2D eigenvalue weighted by atomic mass is 19.3. The first-order valence-electron chi connectivity index (χ1n) is 7.74. The minimum Gasteiger partial charge on any atom is -0.465 e. The van der Waals surface area contributed by atoms with E-state index in [1.807, 2.05) is 24.3 Å². The predicted octanol–water partition coefficient (Wildman–Crippen LogP) is 4.23. The van der Waals surface area contributed by atoms with E-state index in [0.29, 0.717) is 12.2 Å². The van der Waals surface area contributed by atoms with Gasteiger partial charge in [0.1, 0.15) is 5.82 Å². The molecule has 130 valence electrons. The van der Waals surface area contributed by atoms with E-state index in [0.717, 1.165) is 23.5 Å². The number of aromatic amines is 1. The Morgan fingerprint density at radius 2 is 1.92 bits per heavy atom. The molecule has 0 spiro atoms. The topological polar surface area (TPSA) is 78.0 Å². The summed E-state index contributed by atoms with van der Waals surface area (Å²) in [5.74, 6) is -2.43. The van der Waals surface area contributed by atoms with Crippen LogP contribution in [0.2, 0.25) is 0 Å². The van der Waals surface area contributed by atoms with Gasteiger partial charge in [-0.2, -0.15) is 0 Å². The number of imidazole rings is 1. The molecule has 7 heteroatoms. The lowest BCUT2D eigenvalue weighted by molar-refractivity contribution is 0.0174. The monoisotopic (exact) mass is 345 g/mol. The van der Waals surface area contributed by atoms with Crippen molar-refractivity contribution < 1.29 is 18.7 Å². The summed E-state index contributed by atoms with van der Waals surface area (Å²) in [6.07, 6.45) is -0.885. The van der Waals surface area contributed by atoms with E-state index in [9.17, 15) is 13.6 Å². The molecule has 3 aromatic rings. The molecule has 25 heavy (non-hydrogen) atoms. The number of halogens is 2. The van der Waals surface area contributed by atoms with Gasteiger partial charge in [0.05, 0.1) is 17.1 Å². The number of nitrogens with zero attached hydrogens (tertiary/aromatic N) is 1. The molecule has 0 aliphatic rings. The first-order chi connectivity index (χ1) is 11.8. The fraction of sp³-hybridized carbons (Fsp3) is 0.222. The zero-order valence-corrected chi connectivity index (χ0v) is 13.5. The fourth-order valence-electron chi connectivity index (χ4n) is 2.67. The Bertz CT molecular complexity index is 852. The van der Waals surface area contributed by atoms with E-state index < -0.39 is 18.1 Å². The molecule has 0 fully saturated rings. The lowest BCUT2D eigenvalue weighted by Crippen LogP contribution is -2.29. The zero-order chi connectivity index (χ0) is 18.0. The van der Waals surface area contributed by atoms with Gasteiger partial charge in [-0.3, -0.25) is 0 Å². The van der Waals surface area contributed by atoms with Gasteiger partial charge in [-0.25, -0.2) is 18.6 Å². The Hall–Kier alpha value is -2.96. The third kappa shape index (κ3) is 3.93. The number of benzene rings is 2. The van der Waals surface area contributed by atoms with Gasteiger partial charge in [0.2, 0.25) is 0 Å². The smallest absolute Gasteiger partial charge is 0.405 e. The maximum atomic E-state index is 13.3. The van der Waals surface area contributed by atoms with Crippen molar-refractivity contribution in [2.24, 2.45) is 0 Å². The fourth-order valence-corrected chi connectivity index (χ4v) is 2.67. The van der Waals surface area contributed by atoms with Crippen molar-refractivity contribution in [1.29, 1.82) is 0 Å². The van der Waals surface area contributed by atoms with Crippen LogP contribution in [0.4, 0.5) is 13.6 Å². The van der Waals surface area contributed by atoms with Gasteiger partial charge in [-0.15, -0.1) is 0 Å². The van der Waals surface area contributed by atoms with Crippen LogP contribution in [0.5, 0.6) is 0 Å². The summed E-state index contributed by atoms with van der Waals surface area (Å²) in [7, 11) is 0. The average Bonchev–Trinajstić information content (AvgIpc) is 2.97. The summed E-state index contributed by atoms with van der Waals surface area (Å²) < 4.78 is 26.6. The summed E-state index contributed by atoms with van der Waals surface area (Å²) in [6, 6.07) is 12.6. The summed E-state index contributed by atoms with van der Waals surface area (Å²) >= 11 is 0. The van der Waals surface area contributed by atoms with Crippen LogP contribution >= 0.6 is 0 Å². The molecule has 0 bridgehead atoms. The molecular weight excluding hydrogens is 328 g/mol. The Morgan fingerprint density at radius 3 is 2.52 bits per heavy atom. The minimum absolute atomic E-state index is 0.0808. The molecule has 3 N–H and O–H groups in total. The van der Waals surface area contributed by atoms with Crippen LogP contribution in [0.25, 0.3) is 11.0 Å². The summed E-state index contributed by atoms with van der Waals surface area (Å²) in [6.45, 7) is 0.838. The molecule has 1 amide bonds. The second-order valence-corrected chi connectivity index (χ2v) is 5.93. The van der Waals surface area contributed by atoms with Gasteiger partial charge in [-0.05, 0) is 17.7 Å². The molecule has 1 aromatic heterocycles. The van der Waals surface area contributed by atoms with Gasteiger partial charge >= 0.3 is 6.09 Å². The maximum absolute atomic E-state index is 13.3. The Labute approximate surface area is 142 Å². The molecule has 1 heterocycles. The third-order valence-electron chi connectivity index (χ3n) is 3.94. The van der Waals surface area contributed by atoms with Crippen molar-refractivity contribution in [1.82, 2.24) is 15.3 Å². The van der Waals surface area contributed by atoms with Crippen molar-refractivity contribution in [2.75, 3.05) is 0 Å². The SMILES string of the molecule is CC(F)(F)c1ccc(CC(NC(=O)O)c2nc3ccccc3[nH]2)cc1. The molecule has 0 radical (unpaired) electrons. The average molecular weight is 345 g/mol. The molecule has 0 aliphatic heterocycles. The van der Waals surface area contributed by atoms with E-state index in [1.54, 1.807) is 12.1 Å². The van der Waals surface area contributed by atoms with Crippen molar-refractivity contribution in [2.45, 2.75) is 25.3 Å². The Balaban J connectivity index is 1.87. The first kappa shape index (κ1) is 16.9. The standard InChI is InChI=1S/C18H17F2N3O2/c1-18(19,20)12-8-6-11(7-9-12)10-15(23-17(24)25)16-21-13-4-2-3-5-14(13)22-16/h2-9,15,23H,10H2,1H3,(H,21,22)(H,24,25). The number of hydrogen-bond donors (Lipinski definition) is 3. The molecular formula is C18H17F2N3O2. The minimum atomic E-state index is -2.91. The van der Waals surface area contributed by atoms with Crippen molar-refractivity contribution in [3.63, 3.8) is 0 Å². The zero-order valence-electron chi connectivity index (χ0n) is 13.5. The van der Waals surface area contributed by atoms with Crippen molar-refractivity contribution in [3.05, 3.63) is 65.5 Å². The van der Waals surface area contributed by atoms with Gasteiger partial charge in [0.25, 0.3) is 5.92 Å². The molecule has 0 saturated heterocycles. The van der Waals surface area contributed by atoms with Crippen molar-refractivity contribution >= 4 is 17.1 Å². The van der Waals surface area contributed by atoms with Gasteiger partial charge in [0, 0.05) is 18.9 Å². The predicted molar refractivity (Wildman–Crippen MR) is 89.7 cm³/mol. The summed E-state index contributed by atoms with van der Waals surface area (Å²) in [5.41, 5.74) is 2.18. The maximum Gasteiger partial charge on any atom is 0.405 e. The van der Waals surface area contributed by atoms with Gasteiger partial charge in [0.15, 0.2) is 0 Å². The van der Waals surface area contributed by atoms with E-state index in [1.165, 1.54) is 12.1 Å². The Morgan fingerprint density at radius 1 is 1.24 bits per heavy atom.